The van der Waals surface area contributed by atoms with Crippen molar-refractivity contribution < 1.29 is 13.9 Å². The van der Waals surface area contributed by atoms with E-state index in [1.807, 2.05) is 13.8 Å². The van der Waals surface area contributed by atoms with E-state index in [9.17, 15) is 9.59 Å². The third-order valence-corrected chi connectivity index (χ3v) is 2.56. The largest absolute Gasteiger partial charge is 0.491 e. The molecule has 0 aliphatic heterocycles. The monoisotopic (exact) mass is 261 g/mol. The molecule has 0 fully saturated rings. The third kappa shape index (κ3) is 2.76. The fourth-order valence-corrected chi connectivity index (χ4v) is 1.81. The molecule has 0 spiro atoms. The second-order valence-electron chi connectivity index (χ2n) is 4.38. The summed E-state index contributed by atoms with van der Waals surface area (Å²) in [6.45, 7) is 3.81. The minimum Gasteiger partial charge on any atom is -0.491 e. The van der Waals surface area contributed by atoms with E-state index in [4.69, 9.17) is 9.15 Å². The van der Waals surface area contributed by atoms with Crippen LogP contribution in [0.15, 0.2) is 33.5 Å². The fourth-order valence-electron chi connectivity index (χ4n) is 1.81. The Kier molecular flexibility index (Phi) is 3.55. The van der Waals surface area contributed by atoms with Crippen LogP contribution in [0.3, 0.4) is 0 Å². The lowest BCUT2D eigenvalue weighted by Crippen LogP contribution is -2.20. The van der Waals surface area contributed by atoms with E-state index in [1.54, 1.807) is 18.2 Å². The quantitative estimate of drug-likeness (QED) is 0.857. The molecule has 0 aliphatic carbocycles. The van der Waals surface area contributed by atoms with Crippen LogP contribution in [0.4, 0.5) is 0 Å². The molecule has 0 bridgehead atoms. The van der Waals surface area contributed by atoms with Crippen LogP contribution in [0.25, 0.3) is 11.0 Å². The number of nitrogens with one attached hydrogen (secondary N) is 1. The summed E-state index contributed by atoms with van der Waals surface area (Å²) in [5, 5.41) is 3.08. The van der Waals surface area contributed by atoms with Crippen LogP contribution in [0.2, 0.25) is 0 Å². The van der Waals surface area contributed by atoms with Gasteiger partial charge in [0.15, 0.2) is 0 Å². The van der Waals surface area contributed by atoms with E-state index >= 15 is 0 Å². The summed E-state index contributed by atoms with van der Waals surface area (Å²) in [4.78, 5) is 23.2. The lowest BCUT2D eigenvalue weighted by molar-refractivity contribution is 0.0964. The molecule has 1 amide bonds. The number of benzene rings is 1. The highest BCUT2D eigenvalue weighted by atomic mass is 16.5. The van der Waals surface area contributed by atoms with Crippen molar-refractivity contribution in [3.05, 3.63) is 40.2 Å². The molecular weight excluding hydrogens is 246 g/mol. The molecule has 19 heavy (non-hydrogen) atoms. The van der Waals surface area contributed by atoms with E-state index in [2.05, 4.69) is 5.32 Å². The summed E-state index contributed by atoms with van der Waals surface area (Å²) in [5.41, 5.74) is 0.0712. The van der Waals surface area contributed by atoms with Crippen LogP contribution in [0.5, 0.6) is 5.75 Å². The molecule has 1 aromatic heterocycles. The van der Waals surface area contributed by atoms with Gasteiger partial charge in [0.05, 0.1) is 11.7 Å². The average molecular weight is 261 g/mol. The summed E-state index contributed by atoms with van der Waals surface area (Å²) in [6.07, 6.45) is 0.0197. The predicted molar refractivity (Wildman–Crippen MR) is 71.6 cm³/mol. The maximum atomic E-state index is 11.7. The second kappa shape index (κ2) is 5.14. The van der Waals surface area contributed by atoms with Crippen LogP contribution < -0.4 is 15.7 Å². The molecule has 1 heterocycles. The molecule has 2 rings (SSSR count). The van der Waals surface area contributed by atoms with E-state index in [1.165, 1.54) is 13.1 Å². The Morgan fingerprint density at radius 1 is 1.32 bits per heavy atom. The highest BCUT2D eigenvalue weighted by Gasteiger charge is 2.12. The first-order valence-corrected chi connectivity index (χ1v) is 5.98. The zero-order valence-electron chi connectivity index (χ0n) is 11.0. The minimum absolute atomic E-state index is 0.0197. The van der Waals surface area contributed by atoms with Gasteiger partial charge < -0.3 is 14.5 Å². The first kappa shape index (κ1) is 13.1. The van der Waals surface area contributed by atoms with Gasteiger partial charge in [-0.15, -0.1) is 0 Å². The van der Waals surface area contributed by atoms with Gasteiger partial charge in [-0.25, -0.2) is 4.79 Å². The highest BCUT2D eigenvalue weighted by Crippen LogP contribution is 2.23. The predicted octanol–water partition coefficient (Wildman–Crippen LogP) is 1.94. The van der Waals surface area contributed by atoms with Crippen molar-refractivity contribution in [2.45, 2.75) is 20.0 Å². The Morgan fingerprint density at radius 3 is 2.68 bits per heavy atom. The van der Waals surface area contributed by atoms with Crippen LogP contribution >= 0.6 is 0 Å². The number of carbonyl (C=O) groups is 1. The van der Waals surface area contributed by atoms with Gasteiger partial charge in [-0.2, -0.15) is 0 Å². The van der Waals surface area contributed by atoms with E-state index in [0.29, 0.717) is 22.3 Å². The van der Waals surface area contributed by atoms with Crippen molar-refractivity contribution in [1.82, 2.24) is 5.32 Å². The number of hydrogen-bond acceptors (Lipinski definition) is 4. The standard InChI is InChI=1S/C14H15NO4/c1-8(2)18-9-4-5-10-11(14(17)15-3)7-13(16)19-12(10)6-9/h4-8H,1-3H3,(H,15,17). The molecule has 0 aliphatic rings. The second-order valence-corrected chi connectivity index (χ2v) is 4.38. The van der Waals surface area contributed by atoms with Gasteiger partial charge in [-0.1, -0.05) is 0 Å². The normalized spacial score (nSPS) is 10.7. The van der Waals surface area contributed by atoms with Crippen molar-refractivity contribution in [1.29, 1.82) is 0 Å². The van der Waals surface area contributed by atoms with E-state index in [0.717, 1.165) is 0 Å². The highest BCUT2D eigenvalue weighted by molar-refractivity contribution is 6.05. The topological polar surface area (TPSA) is 68.5 Å². The molecule has 5 heteroatoms. The van der Waals surface area contributed by atoms with Crippen molar-refractivity contribution in [2.75, 3.05) is 7.05 Å². The van der Waals surface area contributed by atoms with Crippen molar-refractivity contribution in [2.24, 2.45) is 0 Å². The molecule has 0 saturated carbocycles. The third-order valence-electron chi connectivity index (χ3n) is 2.56. The molecule has 5 nitrogen and oxygen atoms in total. The van der Waals surface area contributed by atoms with E-state index < -0.39 is 5.63 Å². The lowest BCUT2D eigenvalue weighted by atomic mass is 10.1. The SMILES string of the molecule is CNC(=O)c1cc(=O)oc2cc(OC(C)C)ccc12. The van der Waals surface area contributed by atoms with Crippen molar-refractivity contribution >= 4 is 16.9 Å². The van der Waals surface area contributed by atoms with Gasteiger partial charge in [0.2, 0.25) is 0 Å². The van der Waals surface area contributed by atoms with E-state index in [-0.39, 0.29) is 12.0 Å². The van der Waals surface area contributed by atoms with Crippen LogP contribution in [0.1, 0.15) is 24.2 Å². The van der Waals surface area contributed by atoms with Gasteiger partial charge >= 0.3 is 5.63 Å². The lowest BCUT2D eigenvalue weighted by Gasteiger charge is -2.10. The molecular formula is C14H15NO4. The van der Waals surface area contributed by atoms with Crippen LogP contribution in [-0.4, -0.2) is 19.1 Å². The summed E-state index contributed by atoms with van der Waals surface area (Å²) < 4.78 is 10.6. The summed E-state index contributed by atoms with van der Waals surface area (Å²) in [5.74, 6) is 0.273. The number of carbonyl (C=O) groups excluding carboxylic acids is 1. The summed E-state index contributed by atoms with van der Waals surface area (Å²) in [6, 6.07) is 6.25. The number of hydrogen-bond donors (Lipinski definition) is 1. The minimum atomic E-state index is -0.562. The summed E-state index contributed by atoms with van der Waals surface area (Å²) in [7, 11) is 1.51. The zero-order chi connectivity index (χ0) is 14.0. The first-order chi connectivity index (χ1) is 9.01. The first-order valence-electron chi connectivity index (χ1n) is 5.98. The number of amides is 1. The molecule has 0 unspecified atom stereocenters. The van der Waals surface area contributed by atoms with Gasteiger partial charge in [0.25, 0.3) is 5.91 Å². The maximum absolute atomic E-state index is 11.7. The summed E-state index contributed by atoms with van der Waals surface area (Å²) >= 11 is 0. The van der Waals surface area contributed by atoms with Gasteiger partial charge in [-0.05, 0) is 26.0 Å². The Balaban J connectivity index is 2.61. The molecule has 2 aromatic rings. The Morgan fingerprint density at radius 2 is 2.05 bits per heavy atom. The molecule has 0 saturated heterocycles. The number of rotatable bonds is 3. The molecule has 1 aromatic carbocycles. The zero-order valence-corrected chi connectivity index (χ0v) is 11.0. The Hall–Kier alpha value is -2.30. The van der Waals surface area contributed by atoms with Gasteiger partial charge in [-0.3, -0.25) is 4.79 Å². The average Bonchev–Trinajstić information content (AvgIpc) is 2.35. The Bertz CT molecular complexity index is 673. The molecule has 0 atom stereocenters. The fraction of sp³-hybridized carbons (Fsp3) is 0.286. The molecule has 0 radical (unpaired) electrons. The molecule has 100 valence electrons. The van der Waals surface area contributed by atoms with Crippen molar-refractivity contribution in [3.8, 4) is 5.75 Å². The maximum Gasteiger partial charge on any atom is 0.337 e. The number of ether oxygens (including phenoxy) is 1. The molecule has 1 N–H and O–H groups in total. The van der Waals surface area contributed by atoms with Crippen LogP contribution in [-0.2, 0) is 0 Å². The van der Waals surface area contributed by atoms with Gasteiger partial charge in [0.1, 0.15) is 11.3 Å². The number of fused-ring (bicyclic) bond motifs is 1. The van der Waals surface area contributed by atoms with Crippen LogP contribution in [0, 0.1) is 0 Å². The Labute approximate surface area is 110 Å². The van der Waals surface area contributed by atoms with Gasteiger partial charge in [0, 0.05) is 24.6 Å². The van der Waals surface area contributed by atoms with Crippen molar-refractivity contribution in [3.63, 3.8) is 0 Å². The smallest absolute Gasteiger partial charge is 0.337 e.